The summed E-state index contributed by atoms with van der Waals surface area (Å²) in [6.45, 7) is 4.13. The molecule has 16 heavy (non-hydrogen) atoms. The van der Waals surface area contributed by atoms with Gasteiger partial charge in [0.1, 0.15) is 0 Å². The van der Waals surface area contributed by atoms with E-state index in [0.717, 1.165) is 5.69 Å². The Morgan fingerprint density at radius 1 is 1.31 bits per heavy atom. The number of primary amides is 1. The summed E-state index contributed by atoms with van der Waals surface area (Å²) in [5, 5.41) is 0. The molecule has 0 aliphatic rings. The number of nitrogens with two attached hydrogens (primary N) is 3. The standard InChI is InChI=1S/C11H18N4O/c1-7(2)15(6-11(14)16)8-3-4-9(12)10(13)5-8/h3-5,7H,6,12-13H2,1-2H3,(H2,14,16). The second kappa shape index (κ2) is 4.74. The number of rotatable bonds is 4. The lowest BCUT2D eigenvalue weighted by molar-refractivity contribution is -0.116. The van der Waals surface area contributed by atoms with Crippen LogP contribution in [-0.2, 0) is 4.79 Å². The number of nitrogen functional groups attached to an aromatic ring is 2. The van der Waals surface area contributed by atoms with Crippen molar-refractivity contribution in [3.05, 3.63) is 18.2 Å². The lowest BCUT2D eigenvalue weighted by Gasteiger charge is -2.28. The van der Waals surface area contributed by atoms with Gasteiger partial charge in [0.25, 0.3) is 0 Å². The molecule has 1 rings (SSSR count). The van der Waals surface area contributed by atoms with Gasteiger partial charge in [0, 0.05) is 11.7 Å². The van der Waals surface area contributed by atoms with E-state index in [1.807, 2.05) is 24.8 Å². The van der Waals surface area contributed by atoms with Crippen molar-refractivity contribution in [1.29, 1.82) is 0 Å². The van der Waals surface area contributed by atoms with Crippen LogP contribution in [0.5, 0.6) is 0 Å². The van der Waals surface area contributed by atoms with E-state index in [9.17, 15) is 4.79 Å². The second-order valence-electron chi connectivity index (χ2n) is 4.00. The van der Waals surface area contributed by atoms with Crippen LogP contribution < -0.4 is 22.1 Å². The van der Waals surface area contributed by atoms with Crippen LogP contribution in [0.15, 0.2) is 18.2 Å². The fraction of sp³-hybridized carbons (Fsp3) is 0.364. The number of benzene rings is 1. The quantitative estimate of drug-likeness (QED) is 0.648. The highest BCUT2D eigenvalue weighted by Gasteiger charge is 2.13. The molecule has 0 aromatic heterocycles. The van der Waals surface area contributed by atoms with Crippen molar-refractivity contribution in [1.82, 2.24) is 0 Å². The van der Waals surface area contributed by atoms with Crippen LogP contribution >= 0.6 is 0 Å². The zero-order valence-electron chi connectivity index (χ0n) is 9.60. The Bertz CT molecular complexity index is 390. The normalized spacial score (nSPS) is 10.4. The van der Waals surface area contributed by atoms with Crippen molar-refractivity contribution in [2.24, 2.45) is 5.73 Å². The maximum atomic E-state index is 11.0. The molecule has 0 radical (unpaired) electrons. The molecule has 0 aliphatic carbocycles. The Hall–Kier alpha value is -1.91. The van der Waals surface area contributed by atoms with Gasteiger partial charge in [0.05, 0.1) is 17.9 Å². The monoisotopic (exact) mass is 222 g/mol. The number of carbonyl (C=O) groups is 1. The van der Waals surface area contributed by atoms with Gasteiger partial charge < -0.3 is 22.1 Å². The third-order valence-electron chi connectivity index (χ3n) is 2.35. The fourth-order valence-corrected chi connectivity index (χ4v) is 1.48. The van der Waals surface area contributed by atoms with E-state index >= 15 is 0 Å². The first-order chi connectivity index (χ1) is 7.41. The molecule has 0 spiro atoms. The summed E-state index contributed by atoms with van der Waals surface area (Å²) in [6, 6.07) is 5.46. The predicted octanol–water partition coefficient (Wildman–Crippen LogP) is 0.551. The lowest BCUT2D eigenvalue weighted by atomic mass is 10.2. The molecule has 1 aromatic carbocycles. The van der Waals surface area contributed by atoms with Crippen molar-refractivity contribution >= 4 is 23.0 Å². The average Bonchev–Trinajstić information content (AvgIpc) is 2.18. The zero-order chi connectivity index (χ0) is 12.3. The van der Waals surface area contributed by atoms with Crippen LogP contribution in [0.3, 0.4) is 0 Å². The number of carbonyl (C=O) groups excluding carboxylic acids is 1. The van der Waals surface area contributed by atoms with Crippen molar-refractivity contribution in [3.63, 3.8) is 0 Å². The molecule has 1 amide bonds. The summed E-state index contributed by atoms with van der Waals surface area (Å²) in [4.78, 5) is 12.8. The van der Waals surface area contributed by atoms with Gasteiger partial charge in [-0.15, -0.1) is 0 Å². The van der Waals surface area contributed by atoms with Gasteiger partial charge in [0.15, 0.2) is 0 Å². The molecule has 0 saturated carbocycles. The average molecular weight is 222 g/mol. The Kier molecular flexibility index (Phi) is 3.60. The molecule has 88 valence electrons. The summed E-state index contributed by atoms with van der Waals surface area (Å²) in [5.41, 5.74) is 18.4. The van der Waals surface area contributed by atoms with Crippen molar-refractivity contribution in [2.45, 2.75) is 19.9 Å². The molecule has 0 saturated heterocycles. The number of hydrogen-bond acceptors (Lipinski definition) is 4. The minimum absolute atomic E-state index is 0.163. The molecular formula is C11H18N4O. The third-order valence-corrected chi connectivity index (χ3v) is 2.35. The van der Waals surface area contributed by atoms with Crippen LogP contribution in [-0.4, -0.2) is 18.5 Å². The number of amides is 1. The molecule has 0 fully saturated rings. The molecule has 0 aliphatic heterocycles. The molecule has 5 heteroatoms. The van der Waals surface area contributed by atoms with Gasteiger partial charge in [-0.25, -0.2) is 0 Å². The minimum atomic E-state index is -0.371. The van der Waals surface area contributed by atoms with Crippen LogP contribution in [0.25, 0.3) is 0 Å². The summed E-state index contributed by atoms with van der Waals surface area (Å²) < 4.78 is 0. The maximum absolute atomic E-state index is 11.0. The molecule has 5 nitrogen and oxygen atoms in total. The van der Waals surface area contributed by atoms with Crippen LogP contribution in [0.1, 0.15) is 13.8 Å². The van der Waals surface area contributed by atoms with Crippen molar-refractivity contribution < 1.29 is 4.79 Å². The lowest BCUT2D eigenvalue weighted by Crippen LogP contribution is -2.38. The van der Waals surface area contributed by atoms with Crippen molar-refractivity contribution in [2.75, 3.05) is 22.9 Å². The van der Waals surface area contributed by atoms with E-state index in [1.165, 1.54) is 0 Å². The van der Waals surface area contributed by atoms with Gasteiger partial charge in [-0.1, -0.05) is 0 Å². The van der Waals surface area contributed by atoms with Gasteiger partial charge in [-0.05, 0) is 32.0 Å². The Morgan fingerprint density at radius 3 is 2.38 bits per heavy atom. The minimum Gasteiger partial charge on any atom is -0.397 e. The summed E-state index contributed by atoms with van der Waals surface area (Å²) in [6.07, 6.45) is 0. The first-order valence-corrected chi connectivity index (χ1v) is 5.11. The highest BCUT2D eigenvalue weighted by Crippen LogP contribution is 2.24. The molecule has 0 heterocycles. The second-order valence-corrected chi connectivity index (χ2v) is 4.00. The maximum Gasteiger partial charge on any atom is 0.236 e. The van der Waals surface area contributed by atoms with E-state index < -0.39 is 0 Å². The van der Waals surface area contributed by atoms with Crippen LogP contribution in [0.4, 0.5) is 17.1 Å². The molecule has 0 bridgehead atoms. The molecule has 6 N–H and O–H groups in total. The van der Waals surface area contributed by atoms with E-state index in [2.05, 4.69) is 0 Å². The van der Waals surface area contributed by atoms with Gasteiger partial charge in [-0.3, -0.25) is 4.79 Å². The largest absolute Gasteiger partial charge is 0.397 e. The summed E-state index contributed by atoms with van der Waals surface area (Å²) in [7, 11) is 0. The number of nitrogens with zero attached hydrogens (tertiary/aromatic N) is 1. The van der Waals surface area contributed by atoms with E-state index in [0.29, 0.717) is 11.4 Å². The van der Waals surface area contributed by atoms with Crippen molar-refractivity contribution in [3.8, 4) is 0 Å². The van der Waals surface area contributed by atoms with Gasteiger partial charge >= 0.3 is 0 Å². The van der Waals surface area contributed by atoms with Gasteiger partial charge in [0.2, 0.25) is 5.91 Å². The highest BCUT2D eigenvalue weighted by molar-refractivity contribution is 5.80. The van der Waals surface area contributed by atoms with Gasteiger partial charge in [-0.2, -0.15) is 0 Å². The van der Waals surface area contributed by atoms with E-state index in [-0.39, 0.29) is 18.5 Å². The van der Waals surface area contributed by atoms with Crippen LogP contribution in [0.2, 0.25) is 0 Å². The molecular weight excluding hydrogens is 204 g/mol. The first kappa shape index (κ1) is 12.2. The highest BCUT2D eigenvalue weighted by atomic mass is 16.1. The Morgan fingerprint density at radius 2 is 1.94 bits per heavy atom. The van der Waals surface area contributed by atoms with Crippen LogP contribution in [0, 0.1) is 0 Å². The molecule has 0 atom stereocenters. The Labute approximate surface area is 95.2 Å². The third kappa shape index (κ3) is 2.79. The smallest absolute Gasteiger partial charge is 0.236 e. The SMILES string of the molecule is CC(C)N(CC(N)=O)c1ccc(N)c(N)c1. The predicted molar refractivity (Wildman–Crippen MR) is 66.9 cm³/mol. The first-order valence-electron chi connectivity index (χ1n) is 5.11. The fourth-order valence-electron chi connectivity index (χ4n) is 1.48. The topological polar surface area (TPSA) is 98.4 Å². The molecule has 0 unspecified atom stereocenters. The molecule has 1 aromatic rings. The number of anilines is 3. The summed E-state index contributed by atoms with van der Waals surface area (Å²) >= 11 is 0. The van der Waals surface area contributed by atoms with E-state index in [1.54, 1.807) is 12.1 Å². The number of hydrogen-bond donors (Lipinski definition) is 3. The Balaban J connectivity index is 3.01. The van der Waals surface area contributed by atoms with E-state index in [4.69, 9.17) is 17.2 Å². The zero-order valence-corrected chi connectivity index (χ0v) is 9.60. The summed E-state index contributed by atoms with van der Waals surface area (Å²) in [5.74, 6) is -0.371.